The maximum absolute atomic E-state index is 10.3. The molecule has 1 aliphatic rings. The van der Waals surface area contributed by atoms with Crippen LogP contribution in [0.5, 0.6) is 0 Å². The van der Waals surface area contributed by atoms with Gasteiger partial charge in [0.15, 0.2) is 0 Å². The first-order valence-corrected chi connectivity index (χ1v) is 6.77. The van der Waals surface area contributed by atoms with Gasteiger partial charge in [0.2, 0.25) is 0 Å². The molecule has 0 aliphatic heterocycles. The first kappa shape index (κ1) is 12.6. The van der Waals surface area contributed by atoms with Crippen LogP contribution in [0.1, 0.15) is 61.6 Å². The lowest BCUT2D eigenvalue weighted by Crippen LogP contribution is -2.04. The molecule has 0 aromatic carbocycles. The van der Waals surface area contributed by atoms with E-state index in [0.29, 0.717) is 0 Å². The Kier molecular flexibility index (Phi) is 3.87. The van der Waals surface area contributed by atoms with Crippen LogP contribution < -0.4 is 0 Å². The Morgan fingerprint density at radius 3 is 2.53 bits per heavy atom. The molecule has 1 heterocycles. The number of nitrogens with zero attached hydrogens (tertiary/aromatic N) is 2. The molecule has 0 bridgehead atoms. The first-order chi connectivity index (χ1) is 8.09. The normalized spacial score (nSPS) is 18.8. The summed E-state index contributed by atoms with van der Waals surface area (Å²) in [7, 11) is 1.94. The van der Waals surface area contributed by atoms with Crippen LogP contribution in [0.2, 0.25) is 0 Å². The van der Waals surface area contributed by atoms with Gasteiger partial charge < -0.3 is 5.11 Å². The second-order valence-corrected chi connectivity index (χ2v) is 5.45. The minimum Gasteiger partial charge on any atom is -0.388 e. The van der Waals surface area contributed by atoms with Crippen LogP contribution in [0.25, 0.3) is 0 Å². The Morgan fingerprint density at radius 2 is 2.00 bits per heavy atom. The highest BCUT2D eigenvalue weighted by molar-refractivity contribution is 5.26. The van der Waals surface area contributed by atoms with Gasteiger partial charge in [-0.2, -0.15) is 5.10 Å². The maximum Gasteiger partial charge on any atom is 0.0826 e. The van der Waals surface area contributed by atoms with Crippen molar-refractivity contribution in [3.8, 4) is 0 Å². The second kappa shape index (κ2) is 5.21. The molecule has 17 heavy (non-hydrogen) atoms. The fraction of sp³-hybridized carbons (Fsp3) is 0.786. The summed E-state index contributed by atoms with van der Waals surface area (Å²) in [5.74, 6) is 0.849. The standard InChI is InChI=1S/C14H24N2O/c1-10-14(11(2)16(3)15-10)13(17)9-8-12-6-4-5-7-12/h12-13,17H,4-9H2,1-3H3. The molecular weight excluding hydrogens is 212 g/mol. The van der Waals surface area contributed by atoms with Crippen molar-refractivity contribution in [2.24, 2.45) is 13.0 Å². The van der Waals surface area contributed by atoms with Crippen molar-refractivity contribution in [2.45, 2.75) is 58.5 Å². The summed E-state index contributed by atoms with van der Waals surface area (Å²) in [6.45, 7) is 4.02. The van der Waals surface area contributed by atoms with Crippen LogP contribution in [-0.2, 0) is 7.05 Å². The molecule has 0 amide bonds. The van der Waals surface area contributed by atoms with Gasteiger partial charge in [0.05, 0.1) is 11.8 Å². The molecule has 1 aliphatic carbocycles. The lowest BCUT2D eigenvalue weighted by molar-refractivity contribution is 0.155. The summed E-state index contributed by atoms with van der Waals surface area (Å²) in [5.41, 5.74) is 3.12. The molecular formula is C14H24N2O. The summed E-state index contributed by atoms with van der Waals surface area (Å²) in [5, 5.41) is 14.7. The molecule has 1 aromatic heterocycles. The van der Waals surface area contributed by atoms with E-state index >= 15 is 0 Å². The van der Waals surface area contributed by atoms with Crippen molar-refractivity contribution in [3.05, 3.63) is 17.0 Å². The van der Waals surface area contributed by atoms with Crippen molar-refractivity contribution < 1.29 is 5.11 Å². The van der Waals surface area contributed by atoms with Gasteiger partial charge >= 0.3 is 0 Å². The molecule has 3 heteroatoms. The molecule has 0 radical (unpaired) electrons. The van der Waals surface area contributed by atoms with Crippen LogP contribution in [0.4, 0.5) is 0 Å². The number of aromatic nitrogens is 2. The Morgan fingerprint density at radius 1 is 1.35 bits per heavy atom. The number of rotatable bonds is 4. The molecule has 96 valence electrons. The average molecular weight is 236 g/mol. The molecule has 1 atom stereocenters. The van der Waals surface area contributed by atoms with Crippen LogP contribution in [0.3, 0.4) is 0 Å². The number of hydrogen-bond donors (Lipinski definition) is 1. The minimum absolute atomic E-state index is 0.329. The van der Waals surface area contributed by atoms with Crippen LogP contribution >= 0.6 is 0 Å². The Labute approximate surface area is 104 Å². The van der Waals surface area contributed by atoms with Gasteiger partial charge in [0.25, 0.3) is 0 Å². The second-order valence-electron chi connectivity index (χ2n) is 5.45. The molecule has 1 aromatic rings. The molecule has 3 nitrogen and oxygen atoms in total. The van der Waals surface area contributed by atoms with E-state index in [2.05, 4.69) is 5.10 Å². The Hall–Kier alpha value is -0.830. The van der Waals surface area contributed by atoms with Gasteiger partial charge in [-0.25, -0.2) is 0 Å². The van der Waals surface area contributed by atoms with E-state index in [1.807, 2.05) is 25.6 Å². The van der Waals surface area contributed by atoms with E-state index in [-0.39, 0.29) is 6.10 Å². The van der Waals surface area contributed by atoms with E-state index in [4.69, 9.17) is 0 Å². The summed E-state index contributed by atoms with van der Waals surface area (Å²) in [6, 6.07) is 0. The maximum atomic E-state index is 10.3. The van der Waals surface area contributed by atoms with Gasteiger partial charge in [0, 0.05) is 18.3 Å². The predicted octanol–water partition coefficient (Wildman–Crippen LogP) is 3.04. The molecule has 1 N–H and O–H groups in total. The number of hydrogen-bond acceptors (Lipinski definition) is 2. The van der Waals surface area contributed by atoms with E-state index in [1.165, 1.54) is 25.7 Å². The van der Waals surface area contributed by atoms with Crippen LogP contribution in [0, 0.1) is 19.8 Å². The highest BCUT2D eigenvalue weighted by Gasteiger charge is 2.21. The number of aryl methyl sites for hydroxylation is 2. The van der Waals surface area contributed by atoms with Crippen molar-refractivity contribution in [2.75, 3.05) is 0 Å². The zero-order valence-electron chi connectivity index (χ0n) is 11.2. The van der Waals surface area contributed by atoms with E-state index in [1.54, 1.807) is 0 Å². The first-order valence-electron chi connectivity index (χ1n) is 6.77. The van der Waals surface area contributed by atoms with Crippen LogP contribution in [-0.4, -0.2) is 14.9 Å². The molecule has 1 fully saturated rings. The summed E-state index contributed by atoms with van der Waals surface area (Å²) >= 11 is 0. The van der Waals surface area contributed by atoms with Crippen molar-refractivity contribution in [1.29, 1.82) is 0 Å². The third-order valence-corrected chi connectivity index (χ3v) is 4.22. The number of aliphatic hydroxyl groups excluding tert-OH is 1. The van der Waals surface area contributed by atoms with E-state index in [0.717, 1.165) is 35.7 Å². The Balaban J connectivity index is 1.96. The quantitative estimate of drug-likeness (QED) is 0.872. The zero-order valence-corrected chi connectivity index (χ0v) is 11.2. The lowest BCUT2D eigenvalue weighted by atomic mass is 9.96. The van der Waals surface area contributed by atoms with Gasteiger partial charge in [-0.3, -0.25) is 4.68 Å². The van der Waals surface area contributed by atoms with Gasteiger partial charge in [-0.1, -0.05) is 25.7 Å². The highest BCUT2D eigenvalue weighted by Crippen LogP contribution is 2.32. The monoisotopic (exact) mass is 236 g/mol. The minimum atomic E-state index is -0.329. The molecule has 0 spiro atoms. The third-order valence-electron chi connectivity index (χ3n) is 4.22. The SMILES string of the molecule is Cc1nn(C)c(C)c1C(O)CCC1CCCC1. The molecule has 1 saturated carbocycles. The topological polar surface area (TPSA) is 38.0 Å². The van der Waals surface area contributed by atoms with Crippen molar-refractivity contribution >= 4 is 0 Å². The summed E-state index contributed by atoms with van der Waals surface area (Å²) < 4.78 is 1.86. The summed E-state index contributed by atoms with van der Waals surface area (Å²) in [6.07, 6.45) is 7.20. The zero-order chi connectivity index (χ0) is 12.4. The molecule has 2 rings (SSSR count). The Bertz CT molecular complexity index is 378. The predicted molar refractivity (Wildman–Crippen MR) is 68.8 cm³/mol. The fourth-order valence-corrected chi connectivity index (χ4v) is 3.11. The van der Waals surface area contributed by atoms with Crippen molar-refractivity contribution in [3.63, 3.8) is 0 Å². The van der Waals surface area contributed by atoms with Gasteiger partial charge in [-0.05, 0) is 32.6 Å². The van der Waals surface area contributed by atoms with E-state index < -0.39 is 0 Å². The third kappa shape index (κ3) is 2.71. The van der Waals surface area contributed by atoms with Crippen LogP contribution in [0.15, 0.2) is 0 Å². The van der Waals surface area contributed by atoms with Crippen molar-refractivity contribution in [1.82, 2.24) is 9.78 Å². The number of aliphatic hydroxyl groups is 1. The van der Waals surface area contributed by atoms with E-state index in [9.17, 15) is 5.11 Å². The lowest BCUT2D eigenvalue weighted by Gasteiger charge is -2.14. The molecule has 1 unspecified atom stereocenters. The highest BCUT2D eigenvalue weighted by atomic mass is 16.3. The smallest absolute Gasteiger partial charge is 0.0826 e. The fourth-order valence-electron chi connectivity index (χ4n) is 3.11. The molecule has 0 saturated heterocycles. The average Bonchev–Trinajstić information content (AvgIpc) is 2.86. The van der Waals surface area contributed by atoms with Gasteiger partial charge in [0.1, 0.15) is 0 Å². The largest absolute Gasteiger partial charge is 0.388 e. The summed E-state index contributed by atoms with van der Waals surface area (Å²) in [4.78, 5) is 0. The van der Waals surface area contributed by atoms with Gasteiger partial charge in [-0.15, -0.1) is 0 Å².